The van der Waals surface area contributed by atoms with Crippen molar-refractivity contribution in [2.75, 3.05) is 26.2 Å². The van der Waals surface area contributed by atoms with Crippen LogP contribution in [0.15, 0.2) is 6.07 Å². The molecule has 0 saturated carbocycles. The maximum Gasteiger partial charge on any atom is 0.0600 e. The molecule has 102 valence electrons. The summed E-state index contributed by atoms with van der Waals surface area (Å²) in [5, 5.41) is 6.80. The number of piperidine rings is 1. The van der Waals surface area contributed by atoms with Crippen LogP contribution in [-0.2, 0) is 11.3 Å². The van der Waals surface area contributed by atoms with Crippen molar-refractivity contribution >= 4 is 11.3 Å². The van der Waals surface area contributed by atoms with Crippen molar-refractivity contribution in [3.05, 3.63) is 21.4 Å². The van der Waals surface area contributed by atoms with E-state index >= 15 is 0 Å². The van der Waals surface area contributed by atoms with Crippen LogP contribution < -0.4 is 10.6 Å². The van der Waals surface area contributed by atoms with Crippen molar-refractivity contribution in [3.63, 3.8) is 0 Å². The molecule has 3 nitrogen and oxygen atoms in total. The van der Waals surface area contributed by atoms with E-state index in [0.717, 1.165) is 45.6 Å². The molecule has 0 aliphatic carbocycles. The summed E-state index contributed by atoms with van der Waals surface area (Å²) < 4.78 is 5.85. The molecular weight excluding hydrogens is 244 g/mol. The number of hydrogen-bond donors (Lipinski definition) is 2. The third kappa shape index (κ3) is 4.35. The van der Waals surface area contributed by atoms with Crippen LogP contribution in [0.2, 0.25) is 0 Å². The highest BCUT2D eigenvalue weighted by atomic mass is 32.1. The van der Waals surface area contributed by atoms with E-state index in [-0.39, 0.29) is 0 Å². The minimum atomic E-state index is 0.472. The predicted molar refractivity (Wildman–Crippen MR) is 77.3 cm³/mol. The van der Waals surface area contributed by atoms with Crippen molar-refractivity contribution in [3.8, 4) is 0 Å². The molecule has 1 fully saturated rings. The number of aryl methyl sites for hydroxylation is 2. The average Bonchev–Trinajstić information content (AvgIpc) is 2.70. The summed E-state index contributed by atoms with van der Waals surface area (Å²) in [6.45, 7) is 9.31. The van der Waals surface area contributed by atoms with Gasteiger partial charge in [0.2, 0.25) is 0 Å². The van der Waals surface area contributed by atoms with Crippen molar-refractivity contribution in [1.29, 1.82) is 0 Å². The van der Waals surface area contributed by atoms with Gasteiger partial charge in [0.15, 0.2) is 0 Å². The Kier molecular flexibility index (Phi) is 5.63. The van der Waals surface area contributed by atoms with Crippen LogP contribution in [0.5, 0.6) is 0 Å². The first-order chi connectivity index (χ1) is 8.75. The molecule has 0 bridgehead atoms. The maximum absolute atomic E-state index is 5.85. The molecule has 1 aromatic rings. The van der Waals surface area contributed by atoms with Crippen LogP contribution in [-0.4, -0.2) is 32.3 Å². The zero-order valence-electron chi connectivity index (χ0n) is 11.4. The zero-order chi connectivity index (χ0) is 12.8. The van der Waals surface area contributed by atoms with Crippen molar-refractivity contribution in [1.82, 2.24) is 10.6 Å². The van der Waals surface area contributed by atoms with Crippen molar-refractivity contribution in [2.24, 2.45) is 0 Å². The Bertz CT molecular complexity index is 339. The fourth-order valence-corrected chi connectivity index (χ4v) is 3.23. The highest BCUT2D eigenvalue weighted by Gasteiger charge is 2.12. The second kappa shape index (κ2) is 7.24. The molecule has 1 saturated heterocycles. The van der Waals surface area contributed by atoms with Gasteiger partial charge < -0.3 is 15.4 Å². The Morgan fingerprint density at radius 3 is 2.83 bits per heavy atom. The van der Waals surface area contributed by atoms with Gasteiger partial charge in [-0.15, -0.1) is 11.3 Å². The van der Waals surface area contributed by atoms with E-state index in [9.17, 15) is 0 Å². The van der Waals surface area contributed by atoms with Gasteiger partial charge in [0.25, 0.3) is 0 Å². The summed E-state index contributed by atoms with van der Waals surface area (Å²) in [6, 6.07) is 2.28. The molecule has 4 heteroatoms. The lowest BCUT2D eigenvalue weighted by molar-refractivity contribution is 0.0348. The van der Waals surface area contributed by atoms with E-state index in [1.165, 1.54) is 15.3 Å². The lowest BCUT2D eigenvalue weighted by Gasteiger charge is -2.22. The molecule has 1 aliphatic heterocycles. The third-order valence-electron chi connectivity index (χ3n) is 3.43. The second-order valence-corrected chi connectivity index (χ2v) is 6.29. The first-order valence-corrected chi connectivity index (χ1v) is 7.66. The average molecular weight is 268 g/mol. The van der Waals surface area contributed by atoms with Crippen LogP contribution in [0.25, 0.3) is 0 Å². The molecule has 0 aromatic carbocycles. The summed E-state index contributed by atoms with van der Waals surface area (Å²) in [6.07, 6.45) is 2.78. The number of thiophene rings is 1. The van der Waals surface area contributed by atoms with E-state index in [4.69, 9.17) is 4.74 Å². The molecule has 0 atom stereocenters. The first-order valence-electron chi connectivity index (χ1n) is 6.84. The van der Waals surface area contributed by atoms with Crippen molar-refractivity contribution in [2.45, 2.75) is 39.3 Å². The molecule has 2 heterocycles. The summed E-state index contributed by atoms with van der Waals surface area (Å²) in [4.78, 5) is 2.85. The van der Waals surface area contributed by atoms with Gasteiger partial charge in [-0.05, 0) is 51.4 Å². The van der Waals surface area contributed by atoms with Crippen LogP contribution in [0.3, 0.4) is 0 Å². The lowest BCUT2D eigenvalue weighted by atomic mass is 10.1. The molecule has 0 spiro atoms. The number of hydrogen-bond acceptors (Lipinski definition) is 4. The van der Waals surface area contributed by atoms with Gasteiger partial charge in [-0.25, -0.2) is 0 Å². The zero-order valence-corrected chi connectivity index (χ0v) is 12.2. The molecule has 1 aliphatic rings. The third-order valence-corrected chi connectivity index (χ3v) is 4.59. The van der Waals surface area contributed by atoms with Crippen LogP contribution in [0.1, 0.15) is 28.2 Å². The molecule has 0 unspecified atom stereocenters. The molecule has 0 amide bonds. The van der Waals surface area contributed by atoms with E-state index in [0.29, 0.717) is 6.10 Å². The van der Waals surface area contributed by atoms with Gasteiger partial charge in [-0.3, -0.25) is 0 Å². The summed E-state index contributed by atoms with van der Waals surface area (Å²) in [5.41, 5.74) is 1.41. The standard InChI is InChI=1S/C14H24N2OS/c1-11-9-14(18-12(11)2)10-16-7-8-17-13-3-5-15-6-4-13/h9,13,15-16H,3-8,10H2,1-2H3. The fourth-order valence-electron chi connectivity index (χ4n) is 2.21. The fraction of sp³-hybridized carbons (Fsp3) is 0.714. The van der Waals surface area contributed by atoms with E-state index in [1.54, 1.807) is 0 Å². The molecule has 2 N–H and O–H groups in total. The maximum atomic E-state index is 5.85. The van der Waals surface area contributed by atoms with Gasteiger partial charge in [0.1, 0.15) is 0 Å². The highest BCUT2D eigenvalue weighted by Crippen LogP contribution is 2.20. The van der Waals surface area contributed by atoms with Gasteiger partial charge in [0.05, 0.1) is 12.7 Å². The molecule has 1 aromatic heterocycles. The van der Waals surface area contributed by atoms with E-state index in [1.807, 2.05) is 11.3 Å². The van der Waals surface area contributed by atoms with Crippen LogP contribution in [0.4, 0.5) is 0 Å². The molecule has 0 radical (unpaired) electrons. The van der Waals surface area contributed by atoms with Crippen LogP contribution >= 0.6 is 11.3 Å². The van der Waals surface area contributed by atoms with E-state index < -0.39 is 0 Å². The number of rotatable bonds is 6. The monoisotopic (exact) mass is 268 g/mol. The molecular formula is C14H24N2OS. The minimum Gasteiger partial charge on any atom is -0.377 e. The Morgan fingerprint density at radius 1 is 1.39 bits per heavy atom. The number of nitrogens with one attached hydrogen (secondary N) is 2. The lowest BCUT2D eigenvalue weighted by Crippen LogP contribution is -2.33. The summed E-state index contributed by atoms with van der Waals surface area (Å²) >= 11 is 1.89. The Morgan fingerprint density at radius 2 is 2.17 bits per heavy atom. The Labute approximate surface area is 114 Å². The normalized spacial score (nSPS) is 17.2. The van der Waals surface area contributed by atoms with Gasteiger partial charge in [0, 0.05) is 22.8 Å². The minimum absolute atomic E-state index is 0.472. The Balaban J connectivity index is 1.55. The first kappa shape index (κ1) is 14.0. The SMILES string of the molecule is Cc1cc(CNCCOC2CCNCC2)sc1C. The Hall–Kier alpha value is -0.420. The van der Waals surface area contributed by atoms with Crippen molar-refractivity contribution < 1.29 is 4.74 Å². The quantitative estimate of drug-likeness (QED) is 0.776. The highest BCUT2D eigenvalue weighted by molar-refractivity contribution is 7.12. The van der Waals surface area contributed by atoms with Gasteiger partial charge in [-0.2, -0.15) is 0 Å². The smallest absolute Gasteiger partial charge is 0.0600 e. The largest absolute Gasteiger partial charge is 0.377 e. The molecule has 18 heavy (non-hydrogen) atoms. The topological polar surface area (TPSA) is 33.3 Å². The van der Waals surface area contributed by atoms with Gasteiger partial charge >= 0.3 is 0 Å². The predicted octanol–water partition coefficient (Wildman–Crippen LogP) is 2.22. The van der Waals surface area contributed by atoms with E-state index in [2.05, 4.69) is 30.5 Å². The van der Waals surface area contributed by atoms with Crippen LogP contribution in [0, 0.1) is 13.8 Å². The number of ether oxygens (including phenoxy) is 1. The summed E-state index contributed by atoms with van der Waals surface area (Å²) in [7, 11) is 0. The molecule has 2 rings (SSSR count). The van der Waals surface area contributed by atoms with Gasteiger partial charge in [-0.1, -0.05) is 0 Å². The summed E-state index contributed by atoms with van der Waals surface area (Å²) in [5.74, 6) is 0. The second-order valence-electron chi connectivity index (χ2n) is 4.95.